The average molecular weight is 569 g/mol. The van der Waals surface area contributed by atoms with Gasteiger partial charge in [-0.05, 0) is 48.7 Å². The molecule has 1 amide bonds. The lowest BCUT2D eigenvalue weighted by atomic mass is 10.1. The molecule has 10 heteroatoms. The van der Waals surface area contributed by atoms with E-state index in [0.717, 1.165) is 61.5 Å². The molecule has 8 nitrogen and oxygen atoms in total. The normalized spacial score (nSPS) is 14.5. The van der Waals surface area contributed by atoms with Crippen molar-refractivity contribution in [2.24, 2.45) is 0 Å². The highest BCUT2D eigenvalue weighted by molar-refractivity contribution is 7.89. The quantitative estimate of drug-likeness (QED) is 0.281. The van der Waals surface area contributed by atoms with Crippen molar-refractivity contribution in [1.29, 1.82) is 0 Å². The number of ether oxygens (including phenoxy) is 1. The number of hydrogen-bond donors (Lipinski definition) is 0. The van der Waals surface area contributed by atoms with Crippen LogP contribution in [0.25, 0.3) is 10.2 Å². The maximum atomic E-state index is 13.8. The number of nitrogens with zero attached hydrogens (tertiary/aromatic N) is 4. The molecule has 1 fully saturated rings. The van der Waals surface area contributed by atoms with Gasteiger partial charge in [-0.15, -0.1) is 13.2 Å². The Morgan fingerprint density at radius 1 is 1.10 bits per heavy atom. The zero-order valence-corrected chi connectivity index (χ0v) is 24.1. The van der Waals surface area contributed by atoms with Crippen LogP contribution in [-0.2, 0) is 21.2 Å². The van der Waals surface area contributed by atoms with Gasteiger partial charge in [0, 0.05) is 44.8 Å². The fourth-order valence-electron chi connectivity index (χ4n) is 4.59. The number of sulfonamides is 1. The van der Waals surface area contributed by atoms with E-state index in [0.29, 0.717) is 17.2 Å². The van der Waals surface area contributed by atoms with Gasteiger partial charge < -0.3 is 4.74 Å². The van der Waals surface area contributed by atoms with Crippen molar-refractivity contribution >= 4 is 42.6 Å². The summed E-state index contributed by atoms with van der Waals surface area (Å²) in [7, 11) is -3.75. The number of para-hydroxylation sites is 1. The average Bonchev–Trinajstić information content (AvgIpc) is 3.40. The van der Waals surface area contributed by atoms with Crippen LogP contribution < -0.4 is 4.90 Å². The van der Waals surface area contributed by atoms with Gasteiger partial charge in [-0.1, -0.05) is 42.5 Å². The first kappa shape index (κ1) is 29.1. The Morgan fingerprint density at radius 2 is 1.79 bits per heavy atom. The molecular formula is C29H36N4O4S2. The van der Waals surface area contributed by atoms with Gasteiger partial charge in [0.1, 0.15) is 0 Å². The number of anilines is 1. The lowest BCUT2D eigenvalue weighted by Crippen LogP contribution is -2.39. The number of amides is 1. The van der Waals surface area contributed by atoms with Crippen LogP contribution in [0.5, 0.6) is 0 Å². The van der Waals surface area contributed by atoms with E-state index < -0.39 is 10.0 Å². The summed E-state index contributed by atoms with van der Waals surface area (Å²) >= 11 is 1.51. The molecule has 1 aliphatic heterocycles. The highest BCUT2D eigenvalue weighted by atomic mass is 32.2. The molecule has 0 bridgehead atoms. The summed E-state index contributed by atoms with van der Waals surface area (Å²) in [6.45, 7) is 14.3. The Hall–Kier alpha value is -2.89. The van der Waals surface area contributed by atoms with Crippen molar-refractivity contribution < 1.29 is 17.9 Å². The molecule has 1 aliphatic rings. The van der Waals surface area contributed by atoms with Gasteiger partial charge in [0.2, 0.25) is 10.0 Å². The first-order valence-corrected chi connectivity index (χ1v) is 15.5. The molecule has 0 saturated carbocycles. The van der Waals surface area contributed by atoms with Crippen LogP contribution in [0.1, 0.15) is 29.3 Å². The number of morpholine rings is 1. The minimum atomic E-state index is -3.75. The molecule has 0 unspecified atom stereocenters. The van der Waals surface area contributed by atoms with Gasteiger partial charge in [-0.25, -0.2) is 13.4 Å². The minimum absolute atomic E-state index is 0.120. The van der Waals surface area contributed by atoms with Crippen LogP contribution in [0.15, 0.2) is 72.7 Å². The number of rotatable bonds is 13. The van der Waals surface area contributed by atoms with Crippen molar-refractivity contribution in [3.63, 3.8) is 0 Å². The maximum absolute atomic E-state index is 13.8. The van der Waals surface area contributed by atoms with Crippen LogP contribution in [0.4, 0.5) is 5.13 Å². The van der Waals surface area contributed by atoms with Crippen molar-refractivity contribution in [3.8, 4) is 0 Å². The molecular weight excluding hydrogens is 532 g/mol. The van der Waals surface area contributed by atoms with E-state index in [4.69, 9.17) is 9.72 Å². The fraction of sp³-hybridized carbons (Fsp3) is 0.379. The number of carbonyl (C=O) groups excluding carboxylic acids is 1. The molecule has 0 N–H and O–H groups in total. The predicted octanol–water partition coefficient (Wildman–Crippen LogP) is 4.59. The standard InChI is InChI=1S/C29H36N4O4S2/c1-4-15-32(16-5-2)39(35,36)25-13-11-24(12-14-25)28(34)33(18-8-17-31-19-21-37-22-20-31)29-30-27-23(6-3)9-7-10-26(27)38-29/h4-5,7,9-14H,1-2,6,8,15-22H2,3H3. The predicted molar refractivity (Wildman–Crippen MR) is 158 cm³/mol. The molecule has 208 valence electrons. The first-order valence-electron chi connectivity index (χ1n) is 13.2. The van der Waals surface area contributed by atoms with Crippen LogP contribution >= 0.6 is 11.3 Å². The SMILES string of the molecule is C=CCN(CC=C)S(=O)(=O)c1ccc(C(=O)N(CCCN2CCOCC2)c2nc3c(CC)cccc3s2)cc1. The van der Waals surface area contributed by atoms with Gasteiger partial charge in [-0.3, -0.25) is 14.6 Å². The molecule has 3 aromatic rings. The maximum Gasteiger partial charge on any atom is 0.260 e. The van der Waals surface area contributed by atoms with E-state index in [9.17, 15) is 13.2 Å². The van der Waals surface area contributed by atoms with Gasteiger partial charge in [-0.2, -0.15) is 4.31 Å². The molecule has 0 atom stereocenters. The molecule has 1 saturated heterocycles. The number of benzene rings is 2. The summed E-state index contributed by atoms with van der Waals surface area (Å²) in [5.74, 6) is -0.202. The molecule has 1 aromatic heterocycles. The van der Waals surface area contributed by atoms with E-state index in [1.54, 1.807) is 17.0 Å². The van der Waals surface area contributed by atoms with E-state index in [1.165, 1.54) is 39.9 Å². The molecule has 4 rings (SSSR count). The molecule has 0 aliphatic carbocycles. The van der Waals surface area contributed by atoms with Gasteiger partial charge >= 0.3 is 0 Å². The summed E-state index contributed by atoms with van der Waals surface area (Å²) in [5, 5.41) is 0.651. The third-order valence-corrected chi connectivity index (χ3v) is 9.60. The van der Waals surface area contributed by atoms with E-state index in [-0.39, 0.29) is 23.9 Å². The monoisotopic (exact) mass is 568 g/mol. The van der Waals surface area contributed by atoms with Crippen LogP contribution in [0.3, 0.4) is 0 Å². The zero-order valence-electron chi connectivity index (χ0n) is 22.4. The number of thiazole rings is 1. The largest absolute Gasteiger partial charge is 0.379 e. The summed E-state index contributed by atoms with van der Waals surface area (Å²) in [6.07, 6.45) is 4.72. The molecule has 0 spiro atoms. The number of aryl methyl sites for hydroxylation is 1. The Morgan fingerprint density at radius 3 is 2.44 bits per heavy atom. The summed E-state index contributed by atoms with van der Waals surface area (Å²) < 4.78 is 34.0. The van der Waals surface area contributed by atoms with Crippen LogP contribution in [0.2, 0.25) is 0 Å². The van der Waals surface area contributed by atoms with Gasteiger partial charge in [0.25, 0.3) is 5.91 Å². The Balaban J connectivity index is 1.60. The zero-order chi connectivity index (χ0) is 27.8. The van der Waals surface area contributed by atoms with Gasteiger partial charge in [0.05, 0.1) is 28.3 Å². The van der Waals surface area contributed by atoms with Crippen molar-refractivity contribution in [1.82, 2.24) is 14.2 Å². The summed E-state index contributed by atoms with van der Waals surface area (Å²) in [6, 6.07) is 12.3. The number of fused-ring (bicyclic) bond motifs is 1. The molecule has 39 heavy (non-hydrogen) atoms. The first-order chi connectivity index (χ1) is 18.9. The topological polar surface area (TPSA) is 83.1 Å². The summed E-state index contributed by atoms with van der Waals surface area (Å²) in [5.41, 5.74) is 2.49. The Bertz CT molecular complexity index is 1390. The molecule has 2 heterocycles. The number of aromatic nitrogens is 1. The second kappa shape index (κ2) is 13.5. The third-order valence-electron chi connectivity index (χ3n) is 6.71. The Kier molecular flexibility index (Phi) is 10.0. The molecule has 2 aromatic carbocycles. The number of hydrogen-bond acceptors (Lipinski definition) is 7. The van der Waals surface area contributed by atoms with Gasteiger partial charge in [0.15, 0.2) is 5.13 Å². The second-order valence-corrected chi connectivity index (χ2v) is 12.2. The smallest absolute Gasteiger partial charge is 0.260 e. The van der Waals surface area contributed by atoms with Crippen molar-refractivity contribution in [2.75, 3.05) is 57.4 Å². The third kappa shape index (κ3) is 6.82. The Labute approximate surface area is 235 Å². The van der Waals surface area contributed by atoms with Crippen molar-refractivity contribution in [3.05, 3.63) is 78.9 Å². The second-order valence-electron chi connectivity index (χ2n) is 9.30. The lowest BCUT2D eigenvalue weighted by Gasteiger charge is -2.27. The van der Waals surface area contributed by atoms with E-state index >= 15 is 0 Å². The summed E-state index contributed by atoms with van der Waals surface area (Å²) in [4.78, 5) is 22.9. The fourth-order valence-corrected chi connectivity index (χ4v) is 7.01. The highest BCUT2D eigenvalue weighted by Gasteiger charge is 2.25. The lowest BCUT2D eigenvalue weighted by molar-refractivity contribution is 0.0376. The van der Waals surface area contributed by atoms with E-state index in [2.05, 4.69) is 31.0 Å². The van der Waals surface area contributed by atoms with Crippen LogP contribution in [-0.4, -0.2) is 81.0 Å². The van der Waals surface area contributed by atoms with E-state index in [1.807, 2.05) is 12.1 Å². The number of carbonyl (C=O) groups is 1. The minimum Gasteiger partial charge on any atom is -0.379 e. The highest BCUT2D eigenvalue weighted by Crippen LogP contribution is 2.32. The van der Waals surface area contributed by atoms with Crippen LogP contribution in [0, 0.1) is 0 Å². The van der Waals surface area contributed by atoms with Crippen molar-refractivity contribution in [2.45, 2.75) is 24.7 Å². The molecule has 0 radical (unpaired) electrons.